The molecule has 0 bridgehead atoms. The maximum absolute atomic E-state index is 10.8. The lowest BCUT2D eigenvalue weighted by Gasteiger charge is -2.12. The molecule has 0 aliphatic heterocycles. The zero-order valence-electron chi connectivity index (χ0n) is 15.8. The second kappa shape index (κ2) is 6.87. The molecule has 0 unspecified atom stereocenters. The Balaban J connectivity index is 1.75. The Labute approximate surface area is 167 Å². The highest BCUT2D eigenvalue weighted by Gasteiger charge is 2.19. The van der Waals surface area contributed by atoms with E-state index in [2.05, 4.69) is 5.32 Å². The second-order valence-corrected chi connectivity index (χ2v) is 6.77. The first-order valence-electron chi connectivity index (χ1n) is 9.34. The number of aromatic hydroxyl groups is 1. The Morgan fingerprint density at radius 2 is 1.69 bits per heavy atom. The van der Waals surface area contributed by atoms with Crippen LogP contribution >= 0.6 is 0 Å². The normalized spacial score (nSPS) is 11.1. The fourth-order valence-electron chi connectivity index (χ4n) is 3.61. The molecule has 29 heavy (non-hydrogen) atoms. The zero-order valence-corrected chi connectivity index (χ0v) is 15.8. The number of nitrogens with one attached hydrogen (secondary N) is 1. The molecule has 2 aromatic heterocycles. The molecule has 2 N–H and O–H groups in total. The van der Waals surface area contributed by atoms with Crippen LogP contribution in [0, 0.1) is 0 Å². The summed E-state index contributed by atoms with van der Waals surface area (Å²) in [5.74, 6) is 1.78. The number of ether oxygens (including phenoxy) is 1. The quantitative estimate of drug-likeness (QED) is 0.425. The lowest BCUT2D eigenvalue weighted by molar-refractivity contribution is 0.415. The average Bonchev–Trinajstić information content (AvgIpc) is 3.12. The summed E-state index contributed by atoms with van der Waals surface area (Å²) in [5.41, 5.74) is 3.10. The van der Waals surface area contributed by atoms with Crippen molar-refractivity contribution >= 4 is 27.9 Å². The molecule has 5 rings (SSSR count). The van der Waals surface area contributed by atoms with Gasteiger partial charge in [-0.25, -0.2) is 4.98 Å². The largest absolute Gasteiger partial charge is 0.507 e. The van der Waals surface area contributed by atoms with Crippen LogP contribution in [0.4, 0.5) is 11.5 Å². The second-order valence-electron chi connectivity index (χ2n) is 6.77. The van der Waals surface area contributed by atoms with Gasteiger partial charge in [0.1, 0.15) is 28.7 Å². The van der Waals surface area contributed by atoms with Crippen molar-refractivity contribution in [1.82, 2.24) is 9.38 Å². The van der Waals surface area contributed by atoms with Crippen molar-refractivity contribution in [2.75, 3.05) is 12.4 Å². The highest BCUT2D eigenvalue weighted by molar-refractivity contribution is 6.02. The van der Waals surface area contributed by atoms with Crippen LogP contribution in [0.5, 0.6) is 11.5 Å². The molecule has 5 nitrogen and oxygen atoms in total. The monoisotopic (exact) mass is 381 g/mol. The van der Waals surface area contributed by atoms with Crippen LogP contribution in [0.25, 0.3) is 27.7 Å². The molecule has 0 fully saturated rings. The topological polar surface area (TPSA) is 58.8 Å². The standard InChI is InChI=1S/C24H19N3O2/c1-29-18-12-10-17(11-13-18)25-24-23(26-21-8-4-5-15-27(21)24)22-19-7-3-2-6-16(19)9-14-20(22)28/h2-15,25,28H,1H3. The minimum atomic E-state index is 0.199. The third-order valence-corrected chi connectivity index (χ3v) is 5.03. The molecule has 0 amide bonds. The number of phenolic OH excluding ortho intramolecular Hbond substituents is 1. The van der Waals surface area contributed by atoms with Crippen LogP contribution in [0.3, 0.4) is 0 Å². The van der Waals surface area contributed by atoms with E-state index in [-0.39, 0.29) is 5.75 Å². The number of pyridine rings is 1. The number of aromatic nitrogens is 2. The van der Waals surface area contributed by atoms with Crippen molar-refractivity contribution in [3.63, 3.8) is 0 Å². The first-order chi connectivity index (χ1) is 14.2. The van der Waals surface area contributed by atoms with Crippen molar-refractivity contribution < 1.29 is 9.84 Å². The third-order valence-electron chi connectivity index (χ3n) is 5.03. The van der Waals surface area contributed by atoms with Crippen LogP contribution < -0.4 is 10.1 Å². The van der Waals surface area contributed by atoms with Gasteiger partial charge >= 0.3 is 0 Å². The number of hydrogen-bond acceptors (Lipinski definition) is 4. The molecule has 0 aliphatic carbocycles. The molecule has 0 aliphatic rings. The Hall–Kier alpha value is -3.99. The summed E-state index contributed by atoms with van der Waals surface area (Å²) in [6.45, 7) is 0. The van der Waals surface area contributed by atoms with Crippen molar-refractivity contribution in [3.05, 3.63) is 85.1 Å². The number of phenols is 1. The molecule has 0 saturated carbocycles. The van der Waals surface area contributed by atoms with Crippen LogP contribution in [0.2, 0.25) is 0 Å². The highest BCUT2D eigenvalue weighted by atomic mass is 16.5. The van der Waals surface area contributed by atoms with Gasteiger partial charge in [-0.2, -0.15) is 0 Å². The van der Waals surface area contributed by atoms with Gasteiger partial charge in [-0.05, 0) is 53.2 Å². The maximum Gasteiger partial charge on any atom is 0.143 e. The van der Waals surface area contributed by atoms with Crippen LogP contribution in [0.1, 0.15) is 0 Å². The van der Waals surface area contributed by atoms with E-state index in [1.165, 1.54) is 0 Å². The minimum Gasteiger partial charge on any atom is -0.507 e. The Bertz CT molecular complexity index is 1320. The Kier molecular flexibility index (Phi) is 4.06. The van der Waals surface area contributed by atoms with E-state index in [9.17, 15) is 5.11 Å². The number of rotatable bonds is 4. The lowest BCUT2D eigenvalue weighted by atomic mass is 10.0. The van der Waals surface area contributed by atoms with Crippen molar-refractivity contribution in [1.29, 1.82) is 0 Å². The van der Waals surface area contributed by atoms with E-state index < -0.39 is 0 Å². The van der Waals surface area contributed by atoms with Gasteiger partial charge in [-0.1, -0.05) is 36.4 Å². The molecule has 0 spiro atoms. The maximum atomic E-state index is 10.8. The summed E-state index contributed by atoms with van der Waals surface area (Å²) in [6, 6.07) is 25.2. The molecular weight excluding hydrogens is 362 g/mol. The van der Waals surface area contributed by atoms with E-state index in [0.717, 1.165) is 33.7 Å². The summed E-state index contributed by atoms with van der Waals surface area (Å²) in [7, 11) is 1.65. The predicted octanol–water partition coefficient (Wildman–Crippen LogP) is 5.61. The summed E-state index contributed by atoms with van der Waals surface area (Å²) in [5, 5.41) is 16.2. The first kappa shape index (κ1) is 17.1. The summed E-state index contributed by atoms with van der Waals surface area (Å²) < 4.78 is 7.24. The number of hydrogen-bond donors (Lipinski definition) is 2. The number of nitrogens with zero attached hydrogens (tertiary/aromatic N) is 2. The van der Waals surface area contributed by atoms with E-state index in [1.807, 2.05) is 83.4 Å². The van der Waals surface area contributed by atoms with Gasteiger partial charge in [0.05, 0.1) is 12.7 Å². The molecule has 2 heterocycles. The van der Waals surface area contributed by atoms with Gasteiger partial charge in [0.15, 0.2) is 0 Å². The van der Waals surface area contributed by atoms with Crippen molar-refractivity contribution in [2.45, 2.75) is 0 Å². The smallest absolute Gasteiger partial charge is 0.143 e. The minimum absolute atomic E-state index is 0.199. The fraction of sp³-hybridized carbons (Fsp3) is 0.0417. The first-order valence-corrected chi connectivity index (χ1v) is 9.34. The number of methoxy groups -OCH3 is 1. The van der Waals surface area contributed by atoms with E-state index in [4.69, 9.17) is 9.72 Å². The molecule has 0 radical (unpaired) electrons. The summed E-state index contributed by atoms with van der Waals surface area (Å²) in [6.07, 6.45) is 1.96. The summed E-state index contributed by atoms with van der Waals surface area (Å²) in [4.78, 5) is 4.84. The van der Waals surface area contributed by atoms with Gasteiger partial charge in [-0.3, -0.25) is 4.40 Å². The predicted molar refractivity (Wildman–Crippen MR) is 116 cm³/mol. The van der Waals surface area contributed by atoms with Gasteiger partial charge in [0, 0.05) is 11.9 Å². The van der Waals surface area contributed by atoms with E-state index in [1.54, 1.807) is 13.2 Å². The van der Waals surface area contributed by atoms with Gasteiger partial charge in [-0.15, -0.1) is 0 Å². The van der Waals surface area contributed by atoms with Crippen LogP contribution in [-0.2, 0) is 0 Å². The zero-order chi connectivity index (χ0) is 19.8. The fourth-order valence-corrected chi connectivity index (χ4v) is 3.61. The molecule has 0 saturated heterocycles. The lowest BCUT2D eigenvalue weighted by Crippen LogP contribution is -1.97. The molecular formula is C24H19N3O2. The van der Waals surface area contributed by atoms with Crippen molar-refractivity contribution in [2.24, 2.45) is 0 Å². The highest BCUT2D eigenvalue weighted by Crippen LogP contribution is 2.40. The van der Waals surface area contributed by atoms with Gasteiger partial charge in [0.25, 0.3) is 0 Å². The van der Waals surface area contributed by atoms with Gasteiger partial charge < -0.3 is 15.2 Å². The summed E-state index contributed by atoms with van der Waals surface area (Å²) >= 11 is 0. The third kappa shape index (κ3) is 2.93. The average molecular weight is 381 g/mol. The number of benzene rings is 3. The van der Waals surface area contributed by atoms with Crippen LogP contribution in [-0.4, -0.2) is 21.6 Å². The van der Waals surface area contributed by atoms with E-state index >= 15 is 0 Å². The molecule has 3 aromatic carbocycles. The Morgan fingerprint density at radius 3 is 2.52 bits per heavy atom. The van der Waals surface area contributed by atoms with Crippen LogP contribution in [0.15, 0.2) is 85.1 Å². The van der Waals surface area contributed by atoms with Gasteiger partial charge in [0.2, 0.25) is 0 Å². The number of fused-ring (bicyclic) bond motifs is 2. The number of imidazole rings is 1. The number of anilines is 2. The molecule has 5 aromatic rings. The Morgan fingerprint density at radius 1 is 0.897 bits per heavy atom. The SMILES string of the molecule is COc1ccc(Nc2c(-c3c(O)ccc4ccccc34)nc3ccccn23)cc1. The van der Waals surface area contributed by atoms with E-state index in [0.29, 0.717) is 11.3 Å². The molecule has 142 valence electrons. The molecule has 5 heteroatoms. The van der Waals surface area contributed by atoms with Crippen molar-refractivity contribution in [3.8, 4) is 22.8 Å². The molecule has 0 atom stereocenters.